The van der Waals surface area contributed by atoms with E-state index in [1.165, 1.54) is 12.1 Å². The molecule has 0 radical (unpaired) electrons. The van der Waals surface area contributed by atoms with Gasteiger partial charge in [-0.2, -0.15) is 0 Å². The molecule has 1 aliphatic heterocycles. The van der Waals surface area contributed by atoms with Gasteiger partial charge in [0, 0.05) is 12.0 Å². The van der Waals surface area contributed by atoms with Gasteiger partial charge >= 0.3 is 0 Å². The number of hydrogen-bond acceptors (Lipinski definition) is 3. The number of nitrogens with zero attached hydrogens (tertiary/aromatic N) is 3. The van der Waals surface area contributed by atoms with E-state index in [1.807, 2.05) is 11.5 Å². The number of rotatable bonds is 1. The molecule has 92 valence electrons. The number of nitrogens with one attached hydrogen (secondary N) is 1. The molecule has 2 heterocycles. The molecule has 0 unspecified atom stereocenters. The minimum atomic E-state index is -0.299. The highest BCUT2D eigenvalue weighted by atomic mass is 32.1. The Bertz CT molecular complexity index is 635. The fraction of sp³-hybridized carbons (Fsp3) is 0.250. The van der Waals surface area contributed by atoms with Crippen molar-refractivity contribution in [2.24, 2.45) is 0 Å². The Labute approximate surface area is 109 Å². The highest BCUT2D eigenvalue weighted by molar-refractivity contribution is 7.80. The molecule has 1 N–H and O–H groups in total. The summed E-state index contributed by atoms with van der Waals surface area (Å²) in [6.07, 6.45) is 0.760. The second-order valence-electron chi connectivity index (χ2n) is 4.07. The highest BCUT2D eigenvalue weighted by Crippen LogP contribution is 2.22. The lowest BCUT2D eigenvalue weighted by molar-refractivity contribution is 0.627. The molecule has 0 fully saturated rings. The molecule has 0 bridgehead atoms. The van der Waals surface area contributed by atoms with Gasteiger partial charge in [0.15, 0.2) is 5.82 Å². The molecular formula is C12H11FN4S. The Morgan fingerprint density at radius 3 is 3.06 bits per heavy atom. The molecule has 0 amide bonds. The maximum Gasteiger partial charge on any atom is 0.157 e. The van der Waals surface area contributed by atoms with E-state index in [0.29, 0.717) is 17.1 Å². The number of fused-ring (bicyclic) bond motifs is 3. The maximum absolute atomic E-state index is 13.4. The van der Waals surface area contributed by atoms with Gasteiger partial charge < -0.3 is 5.32 Å². The lowest BCUT2D eigenvalue weighted by atomic mass is 10.1. The summed E-state index contributed by atoms with van der Waals surface area (Å²) >= 11 is 5.26. The zero-order chi connectivity index (χ0) is 12.7. The van der Waals surface area contributed by atoms with Crippen LogP contribution in [0.25, 0.3) is 5.69 Å². The Hall–Kier alpha value is -1.82. The van der Waals surface area contributed by atoms with Crippen molar-refractivity contribution in [2.45, 2.75) is 19.9 Å². The first-order chi connectivity index (χ1) is 8.70. The van der Waals surface area contributed by atoms with Crippen molar-refractivity contribution < 1.29 is 4.39 Å². The normalized spacial score (nSPS) is 13.6. The summed E-state index contributed by atoms with van der Waals surface area (Å²) < 4.78 is 15.3. The van der Waals surface area contributed by atoms with Crippen LogP contribution in [0.1, 0.15) is 24.1 Å². The Balaban J connectivity index is 2.31. The van der Waals surface area contributed by atoms with E-state index in [0.717, 1.165) is 23.8 Å². The molecule has 6 heteroatoms. The van der Waals surface area contributed by atoms with Crippen molar-refractivity contribution in [3.8, 4) is 5.69 Å². The van der Waals surface area contributed by atoms with E-state index in [2.05, 4.69) is 15.5 Å². The average molecular weight is 262 g/mol. The fourth-order valence-electron chi connectivity index (χ4n) is 2.11. The summed E-state index contributed by atoms with van der Waals surface area (Å²) in [5, 5.41) is 11.3. The van der Waals surface area contributed by atoms with Crippen molar-refractivity contribution in [1.29, 1.82) is 0 Å². The van der Waals surface area contributed by atoms with E-state index >= 15 is 0 Å². The summed E-state index contributed by atoms with van der Waals surface area (Å²) in [6, 6.07) is 4.59. The highest BCUT2D eigenvalue weighted by Gasteiger charge is 2.21. The number of benzene rings is 1. The second-order valence-corrected chi connectivity index (χ2v) is 4.47. The van der Waals surface area contributed by atoms with Crippen LogP contribution in [0, 0.1) is 5.82 Å². The van der Waals surface area contributed by atoms with Crippen molar-refractivity contribution in [1.82, 2.24) is 20.1 Å². The standard InChI is InChI=1S/C12H11FN4S/c1-2-10-15-16-11-6-14-12(18)8-5-7(13)3-4-9(8)17(10)11/h3-5H,2,6H2,1H3,(H,14,18). The Morgan fingerprint density at radius 1 is 1.44 bits per heavy atom. The average Bonchev–Trinajstić information content (AvgIpc) is 2.73. The first-order valence-electron chi connectivity index (χ1n) is 5.72. The van der Waals surface area contributed by atoms with Crippen LogP contribution in [0.5, 0.6) is 0 Å². The number of aromatic nitrogens is 3. The molecule has 1 aliphatic rings. The number of hydrogen-bond donors (Lipinski definition) is 1. The van der Waals surface area contributed by atoms with E-state index in [-0.39, 0.29) is 5.82 Å². The molecular weight excluding hydrogens is 251 g/mol. The molecule has 18 heavy (non-hydrogen) atoms. The third-order valence-electron chi connectivity index (χ3n) is 2.96. The van der Waals surface area contributed by atoms with Crippen LogP contribution < -0.4 is 5.32 Å². The first-order valence-corrected chi connectivity index (χ1v) is 6.13. The quantitative estimate of drug-likeness (QED) is 0.795. The zero-order valence-electron chi connectivity index (χ0n) is 9.77. The van der Waals surface area contributed by atoms with Crippen molar-refractivity contribution in [3.05, 3.63) is 41.2 Å². The van der Waals surface area contributed by atoms with E-state index in [4.69, 9.17) is 12.2 Å². The van der Waals surface area contributed by atoms with Crippen molar-refractivity contribution in [2.75, 3.05) is 0 Å². The monoisotopic (exact) mass is 262 g/mol. The maximum atomic E-state index is 13.4. The zero-order valence-corrected chi connectivity index (χ0v) is 10.6. The van der Waals surface area contributed by atoms with Crippen LogP contribution in [-0.2, 0) is 13.0 Å². The molecule has 0 aliphatic carbocycles. The molecule has 0 saturated heterocycles. The fourth-order valence-corrected chi connectivity index (χ4v) is 2.35. The third kappa shape index (κ3) is 1.60. The van der Waals surface area contributed by atoms with E-state index in [1.54, 1.807) is 6.07 Å². The minimum absolute atomic E-state index is 0.299. The van der Waals surface area contributed by atoms with Gasteiger partial charge in [-0.15, -0.1) is 10.2 Å². The van der Waals surface area contributed by atoms with Gasteiger partial charge in [0.05, 0.1) is 12.2 Å². The summed E-state index contributed by atoms with van der Waals surface area (Å²) in [5.41, 5.74) is 1.52. The van der Waals surface area contributed by atoms with Gasteiger partial charge in [0.2, 0.25) is 0 Å². The smallest absolute Gasteiger partial charge is 0.157 e. The van der Waals surface area contributed by atoms with Gasteiger partial charge in [-0.05, 0) is 18.2 Å². The van der Waals surface area contributed by atoms with E-state index in [9.17, 15) is 4.39 Å². The molecule has 0 saturated carbocycles. The lowest BCUT2D eigenvalue weighted by Crippen LogP contribution is -2.20. The predicted octanol–water partition coefficient (Wildman–Crippen LogP) is 1.75. The van der Waals surface area contributed by atoms with Crippen molar-refractivity contribution >= 4 is 17.2 Å². The number of aryl methyl sites for hydroxylation is 1. The second kappa shape index (κ2) is 4.13. The van der Waals surface area contributed by atoms with Crippen molar-refractivity contribution in [3.63, 3.8) is 0 Å². The third-order valence-corrected chi connectivity index (χ3v) is 3.33. The van der Waals surface area contributed by atoms with Crippen LogP contribution in [0.2, 0.25) is 0 Å². The summed E-state index contributed by atoms with van der Waals surface area (Å²) in [5.74, 6) is 1.34. The van der Waals surface area contributed by atoms with Gasteiger partial charge in [-0.25, -0.2) is 4.39 Å². The van der Waals surface area contributed by atoms with Gasteiger partial charge in [0.25, 0.3) is 0 Å². The van der Waals surface area contributed by atoms with Crippen LogP contribution in [-0.4, -0.2) is 19.8 Å². The topological polar surface area (TPSA) is 42.7 Å². The SMILES string of the molecule is CCc1nnc2n1-c1ccc(F)cc1C(=S)NC2. The summed E-state index contributed by atoms with van der Waals surface area (Å²) in [6.45, 7) is 2.51. The van der Waals surface area contributed by atoms with Crippen LogP contribution in [0.15, 0.2) is 18.2 Å². The first kappa shape index (κ1) is 11.3. The predicted molar refractivity (Wildman–Crippen MR) is 69.2 cm³/mol. The molecule has 2 aromatic rings. The molecule has 0 spiro atoms. The summed E-state index contributed by atoms with van der Waals surface area (Å²) in [4.78, 5) is 0.539. The van der Waals surface area contributed by atoms with Gasteiger partial charge in [0.1, 0.15) is 16.6 Å². The lowest BCUT2D eigenvalue weighted by Gasteiger charge is -2.10. The molecule has 3 rings (SSSR count). The molecule has 1 aromatic heterocycles. The van der Waals surface area contributed by atoms with Crippen LogP contribution in [0.3, 0.4) is 0 Å². The molecule has 1 aromatic carbocycles. The van der Waals surface area contributed by atoms with Gasteiger partial charge in [-0.1, -0.05) is 19.1 Å². The molecule has 0 atom stereocenters. The largest absolute Gasteiger partial charge is 0.368 e. The Kier molecular flexibility index (Phi) is 2.59. The van der Waals surface area contributed by atoms with Crippen LogP contribution in [0.4, 0.5) is 4.39 Å². The van der Waals surface area contributed by atoms with Crippen LogP contribution >= 0.6 is 12.2 Å². The number of halogens is 1. The van der Waals surface area contributed by atoms with Gasteiger partial charge in [-0.3, -0.25) is 4.57 Å². The number of thiocarbonyl (C=S) groups is 1. The summed E-state index contributed by atoms with van der Waals surface area (Å²) in [7, 11) is 0. The Morgan fingerprint density at radius 2 is 2.28 bits per heavy atom. The molecule has 4 nitrogen and oxygen atoms in total. The van der Waals surface area contributed by atoms with E-state index < -0.39 is 0 Å². The minimum Gasteiger partial charge on any atom is -0.368 e.